The largest absolute Gasteiger partial charge is 0.395 e. The normalized spacial score (nSPS) is 19.2. The molecule has 1 saturated carbocycles. The first-order chi connectivity index (χ1) is 16.7. The zero-order valence-corrected chi connectivity index (χ0v) is 20.7. The summed E-state index contributed by atoms with van der Waals surface area (Å²) >= 11 is 1.49. The summed E-state index contributed by atoms with van der Waals surface area (Å²) in [6, 6.07) is 14.2. The summed E-state index contributed by atoms with van der Waals surface area (Å²) in [6.07, 6.45) is 8.93. The fourth-order valence-corrected chi connectivity index (χ4v) is 5.72. The van der Waals surface area contributed by atoms with Crippen LogP contribution in [0.1, 0.15) is 55.3 Å². The van der Waals surface area contributed by atoms with Crippen LogP contribution in [0.2, 0.25) is 0 Å². The van der Waals surface area contributed by atoms with Crippen LogP contribution in [0.4, 0.5) is 22.7 Å². The molecule has 6 nitrogen and oxygen atoms in total. The lowest BCUT2D eigenvalue weighted by Crippen LogP contribution is -2.35. The van der Waals surface area contributed by atoms with Crippen LogP contribution in [0.15, 0.2) is 42.5 Å². The summed E-state index contributed by atoms with van der Waals surface area (Å²) in [6.45, 7) is 4.33. The highest BCUT2D eigenvalue weighted by Gasteiger charge is 2.44. The van der Waals surface area contributed by atoms with Crippen LogP contribution in [0.25, 0.3) is 0 Å². The van der Waals surface area contributed by atoms with E-state index in [9.17, 15) is 4.79 Å². The topological polar surface area (TPSA) is 67.8 Å². The van der Waals surface area contributed by atoms with Crippen molar-refractivity contribution in [1.82, 2.24) is 0 Å². The number of anilines is 4. The van der Waals surface area contributed by atoms with Crippen LogP contribution in [-0.2, 0) is 0 Å². The molecule has 0 bridgehead atoms. The molecule has 0 unspecified atom stereocenters. The van der Waals surface area contributed by atoms with Crippen LogP contribution in [0, 0.1) is 5.41 Å². The smallest absolute Gasteiger partial charge is 0.255 e. The maximum atomic E-state index is 13.3. The Kier molecular flexibility index (Phi) is 7.21. The molecule has 2 aromatic carbocycles. The number of piperidine rings is 2. The van der Waals surface area contributed by atoms with Crippen molar-refractivity contribution in [3.8, 4) is 0 Å². The molecule has 2 heterocycles. The summed E-state index contributed by atoms with van der Waals surface area (Å²) < 4.78 is 3.32. The van der Waals surface area contributed by atoms with Gasteiger partial charge >= 0.3 is 0 Å². The molecule has 1 spiro atoms. The van der Waals surface area contributed by atoms with Crippen molar-refractivity contribution in [3.05, 3.63) is 48.0 Å². The second-order valence-electron chi connectivity index (χ2n) is 9.95. The highest BCUT2D eigenvalue weighted by atomic mass is 32.2. The summed E-state index contributed by atoms with van der Waals surface area (Å²) in [7, 11) is 0. The molecule has 0 aromatic heterocycles. The van der Waals surface area contributed by atoms with Gasteiger partial charge in [0.2, 0.25) is 0 Å². The van der Waals surface area contributed by atoms with Gasteiger partial charge in [-0.05, 0) is 86.8 Å². The molecule has 1 amide bonds. The van der Waals surface area contributed by atoms with Gasteiger partial charge in [0.1, 0.15) is 0 Å². The molecule has 2 aliphatic heterocycles. The fraction of sp³-hybridized carbons (Fsp3) is 0.519. The van der Waals surface area contributed by atoms with Crippen LogP contribution < -0.4 is 19.8 Å². The molecule has 1 aliphatic carbocycles. The van der Waals surface area contributed by atoms with Crippen molar-refractivity contribution in [2.45, 2.75) is 44.9 Å². The minimum atomic E-state index is -0.0638. The average Bonchev–Trinajstić information content (AvgIpc) is 3.64. The van der Waals surface area contributed by atoms with Crippen molar-refractivity contribution in [3.63, 3.8) is 0 Å². The third kappa shape index (κ3) is 5.47. The lowest BCUT2D eigenvalue weighted by atomic mass is 9.93. The minimum Gasteiger partial charge on any atom is -0.395 e. The molecule has 2 saturated heterocycles. The number of nitrogens with one attached hydrogen (secondary N) is 2. The monoisotopic (exact) mass is 480 g/mol. The third-order valence-corrected chi connectivity index (χ3v) is 8.35. The molecule has 34 heavy (non-hydrogen) atoms. The van der Waals surface area contributed by atoms with Gasteiger partial charge in [-0.3, -0.25) is 4.79 Å². The Labute approximate surface area is 207 Å². The van der Waals surface area contributed by atoms with Crippen LogP contribution >= 0.6 is 11.9 Å². The number of carbonyl (C=O) groups is 1. The van der Waals surface area contributed by atoms with Gasteiger partial charge in [-0.15, -0.1) is 0 Å². The van der Waals surface area contributed by atoms with Gasteiger partial charge in [-0.2, -0.15) is 0 Å². The van der Waals surface area contributed by atoms with Crippen LogP contribution in [0.3, 0.4) is 0 Å². The van der Waals surface area contributed by atoms with Crippen molar-refractivity contribution in [2.75, 3.05) is 58.4 Å². The fourth-order valence-electron chi connectivity index (χ4n) is 5.23. The van der Waals surface area contributed by atoms with E-state index in [1.807, 2.05) is 30.3 Å². The number of rotatable bonds is 8. The number of aliphatic hydroxyl groups excluding tert-OH is 1. The van der Waals surface area contributed by atoms with E-state index in [2.05, 4.69) is 32.0 Å². The Morgan fingerprint density at radius 3 is 2.47 bits per heavy atom. The molecule has 5 rings (SSSR count). The van der Waals surface area contributed by atoms with E-state index in [0.717, 1.165) is 48.9 Å². The highest BCUT2D eigenvalue weighted by molar-refractivity contribution is 8.00. The zero-order chi connectivity index (χ0) is 23.4. The van der Waals surface area contributed by atoms with Gasteiger partial charge in [0.05, 0.1) is 18.0 Å². The maximum Gasteiger partial charge on any atom is 0.255 e. The van der Waals surface area contributed by atoms with E-state index in [-0.39, 0.29) is 12.5 Å². The van der Waals surface area contributed by atoms with Crippen molar-refractivity contribution in [2.24, 2.45) is 5.41 Å². The van der Waals surface area contributed by atoms with Crippen molar-refractivity contribution >= 4 is 40.6 Å². The predicted octanol–water partition coefficient (Wildman–Crippen LogP) is 5.36. The van der Waals surface area contributed by atoms with Crippen LogP contribution in [0.5, 0.6) is 0 Å². The van der Waals surface area contributed by atoms with Gasteiger partial charge in [0, 0.05) is 48.9 Å². The first-order valence-electron chi connectivity index (χ1n) is 12.7. The molecule has 7 heteroatoms. The highest BCUT2D eigenvalue weighted by Crippen LogP contribution is 2.54. The SMILES string of the molecule is O=C(Nc1ccc(NSCCO)cc1N1CCC2(CC1)CC2)c1cccc(N2CCCCC2)c1. The number of aliphatic hydroxyl groups is 1. The first kappa shape index (κ1) is 23.4. The first-order valence-corrected chi connectivity index (χ1v) is 13.7. The second-order valence-corrected chi connectivity index (χ2v) is 10.8. The minimum absolute atomic E-state index is 0.0638. The molecule has 3 N–H and O–H groups in total. The quantitative estimate of drug-likeness (QED) is 0.349. The number of amides is 1. The standard InChI is InChI=1S/C27H36N4O2S/c32-17-18-34-29-22-7-8-24(25(20-22)31-15-11-27(9-10-27)12-16-31)28-26(33)21-5-4-6-23(19-21)30-13-2-1-3-14-30/h4-8,19-20,29,32H,1-3,9-18H2,(H,28,33). The molecule has 182 valence electrons. The number of benzene rings is 2. The summed E-state index contributed by atoms with van der Waals surface area (Å²) in [4.78, 5) is 18.1. The Bertz CT molecular complexity index is 994. The Morgan fingerprint density at radius 1 is 0.941 bits per heavy atom. The number of nitrogens with zero attached hydrogens (tertiary/aromatic N) is 2. The van der Waals surface area contributed by atoms with Crippen molar-refractivity contribution in [1.29, 1.82) is 0 Å². The Balaban J connectivity index is 1.34. The molecule has 0 atom stereocenters. The van der Waals surface area contributed by atoms with E-state index in [0.29, 0.717) is 16.7 Å². The molecule has 2 aromatic rings. The van der Waals surface area contributed by atoms with Crippen LogP contribution in [-0.4, -0.2) is 49.6 Å². The van der Waals surface area contributed by atoms with Crippen molar-refractivity contribution < 1.29 is 9.90 Å². The third-order valence-electron chi connectivity index (χ3n) is 7.58. The van der Waals surface area contributed by atoms with Gasteiger partial charge in [-0.1, -0.05) is 18.0 Å². The average molecular weight is 481 g/mol. The summed E-state index contributed by atoms with van der Waals surface area (Å²) in [5.74, 6) is 0.569. The van der Waals surface area contributed by atoms with Gasteiger partial charge in [0.25, 0.3) is 5.91 Å². The predicted molar refractivity (Wildman–Crippen MR) is 143 cm³/mol. The molecule has 0 radical (unpaired) electrons. The van der Waals surface area contributed by atoms with E-state index >= 15 is 0 Å². The Morgan fingerprint density at radius 2 is 1.74 bits per heavy atom. The van der Waals surface area contributed by atoms with Gasteiger partial charge in [0.15, 0.2) is 0 Å². The molecule has 3 aliphatic rings. The lowest BCUT2D eigenvalue weighted by molar-refractivity contribution is 0.102. The van der Waals surface area contributed by atoms with Gasteiger partial charge < -0.3 is 24.9 Å². The second kappa shape index (κ2) is 10.5. The van der Waals surface area contributed by atoms with E-state index in [1.54, 1.807) is 0 Å². The summed E-state index contributed by atoms with van der Waals surface area (Å²) in [5, 5.41) is 12.3. The number of carbonyl (C=O) groups excluding carboxylic acids is 1. The summed E-state index contributed by atoms with van der Waals surface area (Å²) in [5.41, 5.74) is 5.36. The molecule has 3 fully saturated rings. The lowest BCUT2D eigenvalue weighted by Gasteiger charge is -2.35. The van der Waals surface area contributed by atoms with E-state index in [1.165, 1.54) is 56.9 Å². The van der Waals surface area contributed by atoms with Gasteiger partial charge in [-0.25, -0.2) is 0 Å². The zero-order valence-electron chi connectivity index (χ0n) is 19.9. The number of hydrogen-bond donors (Lipinski definition) is 3. The number of hydrogen-bond acceptors (Lipinski definition) is 6. The Hall–Kier alpha value is -2.38. The molecular formula is C27H36N4O2S. The maximum absolute atomic E-state index is 13.3. The van der Waals surface area contributed by atoms with E-state index < -0.39 is 0 Å². The van der Waals surface area contributed by atoms with E-state index in [4.69, 9.17) is 5.11 Å². The molecular weight excluding hydrogens is 444 g/mol.